The summed E-state index contributed by atoms with van der Waals surface area (Å²) >= 11 is 0. The fourth-order valence-electron chi connectivity index (χ4n) is 3.96. The molecule has 1 aromatic carbocycles. The summed E-state index contributed by atoms with van der Waals surface area (Å²) in [5, 5.41) is 10.7. The van der Waals surface area contributed by atoms with Crippen LogP contribution in [0.25, 0.3) is 0 Å². The van der Waals surface area contributed by atoms with Crippen LogP contribution in [0.15, 0.2) is 30.3 Å². The van der Waals surface area contributed by atoms with Crippen molar-refractivity contribution in [3.63, 3.8) is 0 Å². The first-order valence-corrected chi connectivity index (χ1v) is 7.32. The van der Waals surface area contributed by atoms with Crippen LogP contribution in [0, 0.1) is 17.3 Å². The van der Waals surface area contributed by atoms with Gasteiger partial charge in [0, 0.05) is 0 Å². The highest BCUT2D eigenvalue weighted by Gasteiger charge is 2.50. The lowest BCUT2D eigenvalue weighted by molar-refractivity contribution is 0.0359. The molecule has 18 heavy (non-hydrogen) atoms. The predicted molar refractivity (Wildman–Crippen MR) is 74.4 cm³/mol. The molecule has 0 bridgehead atoms. The highest BCUT2D eigenvalue weighted by atomic mass is 16.3. The van der Waals surface area contributed by atoms with Gasteiger partial charge in [0.2, 0.25) is 0 Å². The molecule has 2 aliphatic carbocycles. The summed E-state index contributed by atoms with van der Waals surface area (Å²) in [6.45, 7) is 4.65. The van der Waals surface area contributed by atoms with Crippen LogP contribution in [-0.2, 0) is 0 Å². The molecular weight excluding hydrogens is 220 g/mol. The first-order valence-electron chi connectivity index (χ1n) is 7.32. The molecule has 0 aromatic heterocycles. The van der Waals surface area contributed by atoms with E-state index in [4.69, 9.17) is 0 Å². The lowest BCUT2D eigenvalue weighted by Crippen LogP contribution is -2.31. The highest BCUT2D eigenvalue weighted by Crippen LogP contribution is 2.55. The summed E-state index contributed by atoms with van der Waals surface area (Å²) < 4.78 is 0. The first-order chi connectivity index (χ1) is 8.59. The van der Waals surface area contributed by atoms with Gasteiger partial charge in [-0.3, -0.25) is 0 Å². The van der Waals surface area contributed by atoms with Crippen LogP contribution in [0.1, 0.15) is 51.0 Å². The third-order valence-electron chi connectivity index (χ3n) is 5.26. The quantitative estimate of drug-likeness (QED) is 0.852. The Morgan fingerprint density at radius 1 is 1.22 bits per heavy atom. The van der Waals surface area contributed by atoms with E-state index in [1.54, 1.807) is 0 Å². The summed E-state index contributed by atoms with van der Waals surface area (Å²) in [5.74, 6) is 1.63. The Balaban J connectivity index is 1.68. The lowest BCUT2D eigenvalue weighted by Gasteiger charge is -2.31. The standard InChI is InChI=1S/C17H24O/c1-17(2)10-6-9-15(17)16(18)14-11-13(14)12-7-4-3-5-8-12/h3-5,7-8,13-16,18H,6,9-11H2,1-2H3. The van der Waals surface area contributed by atoms with E-state index in [1.807, 2.05) is 0 Å². The van der Waals surface area contributed by atoms with E-state index < -0.39 is 0 Å². The van der Waals surface area contributed by atoms with Crippen molar-refractivity contribution in [2.75, 3.05) is 0 Å². The minimum absolute atomic E-state index is 0.0901. The van der Waals surface area contributed by atoms with Crippen molar-refractivity contribution >= 4 is 0 Å². The average Bonchev–Trinajstić information content (AvgIpc) is 3.08. The largest absolute Gasteiger partial charge is 0.393 e. The minimum Gasteiger partial charge on any atom is -0.393 e. The lowest BCUT2D eigenvalue weighted by atomic mass is 9.77. The number of aliphatic hydroxyl groups excluding tert-OH is 1. The summed E-state index contributed by atoms with van der Waals surface area (Å²) in [6, 6.07) is 10.7. The van der Waals surface area contributed by atoms with Crippen molar-refractivity contribution < 1.29 is 5.11 Å². The van der Waals surface area contributed by atoms with E-state index in [-0.39, 0.29) is 6.10 Å². The van der Waals surface area contributed by atoms with Gasteiger partial charge >= 0.3 is 0 Å². The van der Waals surface area contributed by atoms with Crippen molar-refractivity contribution in [1.82, 2.24) is 0 Å². The van der Waals surface area contributed by atoms with Crippen LogP contribution in [-0.4, -0.2) is 11.2 Å². The minimum atomic E-state index is -0.0901. The van der Waals surface area contributed by atoms with Crippen molar-refractivity contribution in [3.05, 3.63) is 35.9 Å². The van der Waals surface area contributed by atoms with Crippen molar-refractivity contribution in [3.8, 4) is 0 Å². The van der Waals surface area contributed by atoms with E-state index in [0.29, 0.717) is 23.2 Å². The molecule has 3 rings (SSSR count). The maximum absolute atomic E-state index is 10.7. The van der Waals surface area contributed by atoms with Gasteiger partial charge in [0.15, 0.2) is 0 Å². The Kier molecular flexibility index (Phi) is 2.97. The Morgan fingerprint density at radius 2 is 1.94 bits per heavy atom. The molecule has 2 fully saturated rings. The van der Waals surface area contributed by atoms with E-state index in [2.05, 4.69) is 44.2 Å². The summed E-state index contributed by atoms with van der Waals surface area (Å²) in [5.41, 5.74) is 1.75. The number of benzene rings is 1. The number of rotatable bonds is 3. The van der Waals surface area contributed by atoms with Crippen LogP contribution in [0.5, 0.6) is 0 Å². The van der Waals surface area contributed by atoms with Crippen LogP contribution < -0.4 is 0 Å². The van der Waals surface area contributed by atoms with E-state index in [0.717, 1.165) is 0 Å². The van der Waals surface area contributed by atoms with Crippen LogP contribution in [0.2, 0.25) is 0 Å². The molecule has 1 nitrogen and oxygen atoms in total. The molecule has 1 heteroatoms. The number of hydrogen-bond donors (Lipinski definition) is 1. The van der Waals surface area contributed by atoms with Crippen molar-refractivity contribution in [1.29, 1.82) is 0 Å². The second-order valence-corrected chi connectivity index (χ2v) is 6.89. The Bertz CT molecular complexity index is 409. The van der Waals surface area contributed by atoms with Crippen molar-refractivity contribution in [2.24, 2.45) is 17.3 Å². The van der Waals surface area contributed by atoms with Gasteiger partial charge in [-0.2, -0.15) is 0 Å². The second-order valence-electron chi connectivity index (χ2n) is 6.89. The van der Waals surface area contributed by atoms with Gasteiger partial charge in [0.25, 0.3) is 0 Å². The molecule has 4 atom stereocenters. The van der Waals surface area contributed by atoms with Crippen LogP contribution in [0.4, 0.5) is 0 Å². The van der Waals surface area contributed by atoms with E-state index in [9.17, 15) is 5.11 Å². The highest BCUT2D eigenvalue weighted by molar-refractivity contribution is 5.26. The van der Waals surface area contributed by atoms with Gasteiger partial charge < -0.3 is 5.11 Å². The molecule has 0 saturated heterocycles. The molecule has 0 aliphatic heterocycles. The van der Waals surface area contributed by atoms with Crippen molar-refractivity contribution in [2.45, 2.75) is 51.6 Å². The summed E-state index contributed by atoms with van der Waals surface area (Å²) in [6.07, 6.45) is 4.87. The fraction of sp³-hybridized carbons (Fsp3) is 0.647. The molecular formula is C17H24O. The van der Waals surface area contributed by atoms with Gasteiger partial charge in [0.1, 0.15) is 0 Å². The molecule has 0 amide bonds. The molecule has 1 aromatic rings. The predicted octanol–water partition coefficient (Wildman–Crippen LogP) is 3.98. The smallest absolute Gasteiger partial charge is 0.0607 e. The molecule has 1 N–H and O–H groups in total. The molecule has 2 aliphatic rings. The summed E-state index contributed by atoms with van der Waals surface area (Å²) in [7, 11) is 0. The zero-order valence-corrected chi connectivity index (χ0v) is 11.5. The van der Waals surface area contributed by atoms with Gasteiger partial charge in [0.05, 0.1) is 6.10 Å². The molecule has 2 saturated carbocycles. The maximum Gasteiger partial charge on any atom is 0.0607 e. The summed E-state index contributed by atoms with van der Waals surface area (Å²) in [4.78, 5) is 0. The topological polar surface area (TPSA) is 20.2 Å². The number of hydrogen-bond acceptors (Lipinski definition) is 1. The third kappa shape index (κ3) is 2.09. The van der Waals surface area contributed by atoms with Gasteiger partial charge in [-0.1, -0.05) is 50.6 Å². The Morgan fingerprint density at radius 3 is 2.56 bits per heavy atom. The number of aliphatic hydroxyl groups is 1. The Hall–Kier alpha value is -0.820. The van der Waals surface area contributed by atoms with E-state index in [1.165, 1.54) is 31.2 Å². The van der Waals surface area contributed by atoms with E-state index >= 15 is 0 Å². The SMILES string of the molecule is CC1(C)CCCC1C(O)C1CC1c1ccccc1. The second kappa shape index (κ2) is 4.38. The monoisotopic (exact) mass is 244 g/mol. The maximum atomic E-state index is 10.7. The molecule has 98 valence electrons. The van der Waals surface area contributed by atoms with Crippen LogP contribution in [0.3, 0.4) is 0 Å². The zero-order valence-electron chi connectivity index (χ0n) is 11.5. The van der Waals surface area contributed by atoms with Gasteiger partial charge in [-0.25, -0.2) is 0 Å². The average molecular weight is 244 g/mol. The van der Waals surface area contributed by atoms with Crippen LogP contribution >= 0.6 is 0 Å². The molecule has 4 unspecified atom stereocenters. The Labute approximate surface area is 110 Å². The first kappa shape index (κ1) is 12.2. The molecule has 0 spiro atoms. The molecule has 0 heterocycles. The molecule has 0 radical (unpaired) electrons. The third-order valence-corrected chi connectivity index (χ3v) is 5.26. The zero-order chi connectivity index (χ0) is 12.8. The van der Waals surface area contributed by atoms with Gasteiger partial charge in [-0.15, -0.1) is 0 Å². The van der Waals surface area contributed by atoms with Gasteiger partial charge in [-0.05, 0) is 48.0 Å². The fourth-order valence-corrected chi connectivity index (χ4v) is 3.96. The normalized spacial score (nSPS) is 35.4.